The zero-order valence-electron chi connectivity index (χ0n) is 16.7. The van der Waals surface area contributed by atoms with Gasteiger partial charge in [-0.2, -0.15) is 0 Å². The number of imidazole rings is 1. The smallest absolute Gasteiger partial charge is 0.333 e. The first kappa shape index (κ1) is 19.0. The van der Waals surface area contributed by atoms with Crippen molar-refractivity contribution in [1.82, 2.24) is 24.8 Å². The molecule has 31 heavy (non-hydrogen) atoms. The van der Waals surface area contributed by atoms with Crippen molar-refractivity contribution in [2.45, 2.75) is 13.5 Å². The minimum atomic E-state index is -0.361. The molecule has 1 aliphatic rings. The number of H-pyrrole nitrogens is 1. The van der Waals surface area contributed by atoms with Crippen LogP contribution in [-0.2, 0) is 6.54 Å². The molecule has 0 unspecified atom stereocenters. The Morgan fingerprint density at radius 2 is 2.03 bits per heavy atom. The van der Waals surface area contributed by atoms with Gasteiger partial charge < -0.3 is 10.2 Å². The average Bonchev–Trinajstić information content (AvgIpc) is 3.01. The second-order valence-corrected chi connectivity index (χ2v) is 7.43. The van der Waals surface area contributed by atoms with E-state index in [1.807, 2.05) is 11.8 Å². The molecule has 4 aromatic rings. The zero-order chi connectivity index (χ0) is 21.5. The summed E-state index contributed by atoms with van der Waals surface area (Å²) in [6.45, 7) is 3.27. The number of carbonyl (C=O) groups is 1. The number of nitrogens with zero attached hydrogens (tertiary/aromatic N) is 4. The number of aromatic amines is 1. The lowest BCUT2D eigenvalue weighted by molar-refractivity contribution is 0.0958. The van der Waals surface area contributed by atoms with Crippen molar-refractivity contribution in [3.05, 3.63) is 81.7 Å². The van der Waals surface area contributed by atoms with Gasteiger partial charge in [-0.3, -0.25) is 9.78 Å². The molecule has 0 aliphatic carbocycles. The van der Waals surface area contributed by atoms with Gasteiger partial charge in [-0.15, -0.1) is 0 Å². The van der Waals surface area contributed by atoms with Crippen LogP contribution in [-0.4, -0.2) is 38.5 Å². The number of rotatable bonds is 3. The molecule has 3 aromatic heterocycles. The van der Waals surface area contributed by atoms with Crippen LogP contribution in [0.3, 0.4) is 0 Å². The molecule has 1 aliphatic heterocycles. The molecule has 2 N–H and O–H groups in total. The lowest BCUT2D eigenvalue weighted by atomic mass is 10.1. The minimum Gasteiger partial charge on any atom is -0.350 e. The second-order valence-electron chi connectivity index (χ2n) is 7.43. The normalized spacial score (nSPS) is 13.7. The van der Waals surface area contributed by atoms with Crippen molar-refractivity contribution >= 4 is 22.9 Å². The molecule has 0 fully saturated rings. The Bertz CT molecular complexity index is 1380. The quantitative estimate of drug-likeness (QED) is 0.532. The summed E-state index contributed by atoms with van der Waals surface area (Å²) >= 11 is 0. The van der Waals surface area contributed by atoms with Gasteiger partial charge in [0, 0.05) is 25.8 Å². The van der Waals surface area contributed by atoms with Crippen molar-refractivity contribution in [2.75, 3.05) is 18.0 Å². The Kier molecular flexibility index (Phi) is 4.50. The molecule has 4 heterocycles. The van der Waals surface area contributed by atoms with Crippen molar-refractivity contribution in [3.8, 4) is 5.82 Å². The van der Waals surface area contributed by atoms with Gasteiger partial charge >= 0.3 is 5.69 Å². The van der Waals surface area contributed by atoms with E-state index in [0.29, 0.717) is 48.0 Å². The number of hydrogen-bond acceptors (Lipinski definition) is 5. The molecule has 9 heteroatoms. The average molecular weight is 418 g/mol. The molecular formula is C22H19FN6O2. The molecule has 5 rings (SSSR count). The number of pyridine rings is 2. The molecule has 0 bridgehead atoms. The topological polar surface area (TPSA) is 95.9 Å². The van der Waals surface area contributed by atoms with Crippen LogP contribution in [0, 0.1) is 12.7 Å². The first-order valence-electron chi connectivity index (χ1n) is 9.86. The van der Waals surface area contributed by atoms with Crippen LogP contribution < -0.4 is 15.9 Å². The number of amides is 1. The Labute approximate surface area is 176 Å². The molecule has 1 amide bonds. The molecular weight excluding hydrogens is 399 g/mol. The predicted molar refractivity (Wildman–Crippen MR) is 114 cm³/mol. The SMILES string of the molecule is Cc1cc(F)ccc1CN1CCNC(=O)c2ccc(-n3c(=O)[nH]c4ncccc43)nc21. The second kappa shape index (κ2) is 7.35. The third-order valence-electron chi connectivity index (χ3n) is 5.42. The summed E-state index contributed by atoms with van der Waals surface area (Å²) in [4.78, 5) is 38.7. The molecule has 156 valence electrons. The number of nitrogens with one attached hydrogen (secondary N) is 2. The third kappa shape index (κ3) is 3.33. The van der Waals surface area contributed by atoms with Crippen LogP contribution >= 0.6 is 0 Å². The van der Waals surface area contributed by atoms with Gasteiger partial charge in [0.25, 0.3) is 5.91 Å². The molecule has 0 spiro atoms. The zero-order valence-corrected chi connectivity index (χ0v) is 16.7. The molecule has 0 saturated heterocycles. The first-order valence-corrected chi connectivity index (χ1v) is 9.86. The number of aryl methyl sites for hydroxylation is 1. The highest BCUT2D eigenvalue weighted by molar-refractivity contribution is 5.99. The largest absolute Gasteiger partial charge is 0.350 e. The van der Waals surface area contributed by atoms with E-state index < -0.39 is 0 Å². The van der Waals surface area contributed by atoms with Crippen LogP contribution in [0.15, 0.2) is 53.5 Å². The van der Waals surface area contributed by atoms with Gasteiger partial charge in [0.2, 0.25) is 0 Å². The number of halogens is 1. The summed E-state index contributed by atoms with van der Waals surface area (Å²) in [7, 11) is 0. The van der Waals surface area contributed by atoms with Crippen molar-refractivity contribution in [2.24, 2.45) is 0 Å². The van der Waals surface area contributed by atoms with E-state index in [4.69, 9.17) is 4.98 Å². The highest BCUT2D eigenvalue weighted by Gasteiger charge is 2.24. The van der Waals surface area contributed by atoms with Gasteiger partial charge in [-0.05, 0) is 54.4 Å². The summed E-state index contributed by atoms with van der Waals surface area (Å²) in [5, 5.41) is 2.87. The number of aromatic nitrogens is 4. The van der Waals surface area contributed by atoms with Crippen molar-refractivity contribution in [3.63, 3.8) is 0 Å². The van der Waals surface area contributed by atoms with E-state index in [0.717, 1.165) is 11.1 Å². The maximum absolute atomic E-state index is 13.5. The van der Waals surface area contributed by atoms with Crippen LogP contribution in [0.25, 0.3) is 17.0 Å². The summed E-state index contributed by atoms with van der Waals surface area (Å²) in [6, 6.07) is 11.5. The summed E-state index contributed by atoms with van der Waals surface area (Å²) in [5.41, 5.74) is 2.87. The van der Waals surface area contributed by atoms with Crippen LogP contribution in [0.2, 0.25) is 0 Å². The van der Waals surface area contributed by atoms with Crippen LogP contribution in [0.1, 0.15) is 21.5 Å². The van der Waals surface area contributed by atoms with Gasteiger partial charge in [-0.1, -0.05) is 6.07 Å². The molecule has 8 nitrogen and oxygen atoms in total. The van der Waals surface area contributed by atoms with E-state index in [-0.39, 0.29) is 17.4 Å². The number of hydrogen-bond donors (Lipinski definition) is 2. The van der Waals surface area contributed by atoms with Gasteiger partial charge in [0.05, 0.1) is 11.1 Å². The Morgan fingerprint density at radius 3 is 2.87 bits per heavy atom. The fraction of sp³-hybridized carbons (Fsp3) is 0.182. The van der Waals surface area contributed by atoms with Gasteiger partial charge in [-0.25, -0.2) is 23.7 Å². The van der Waals surface area contributed by atoms with E-state index in [1.54, 1.807) is 36.5 Å². The third-order valence-corrected chi connectivity index (χ3v) is 5.42. The first-order chi connectivity index (χ1) is 15.0. The molecule has 0 radical (unpaired) electrons. The monoisotopic (exact) mass is 418 g/mol. The Hall–Kier alpha value is -4.01. The van der Waals surface area contributed by atoms with Crippen LogP contribution in [0.5, 0.6) is 0 Å². The number of carbonyl (C=O) groups excluding carboxylic acids is 1. The van der Waals surface area contributed by atoms with Gasteiger partial charge in [0.15, 0.2) is 5.65 Å². The predicted octanol–water partition coefficient (Wildman–Crippen LogP) is 2.31. The van der Waals surface area contributed by atoms with Crippen molar-refractivity contribution in [1.29, 1.82) is 0 Å². The molecule has 0 atom stereocenters. The lowest BCUT2D eigenvalue weighted by Gasteiger charge is -2.24. The number of fused-ring (bicyclic) bond motifs is 2. The van der Waals surface area contributed by atoms with E-state index in [1.165, 1.54) is 16.7 Å². The maximum Gasteiger partial charge on any atom is 0.333 e. The lowest BCUT2D eigenvalue weighted by Crippen LogP contribution is -2.30. The summed E-state index contributed by atoms with van der Waals surface area (Å²) in [5.74, 6) is 0.349. The fourth-order valence-corrected chi connectivity index (χ4v) is 3.85. The summed E-state index contributed by atoms with van der Waals surface area (Å²) < 4.78 is 15.0. The highest BCUT2D eigenvalue weighted by Crippen LogP contribution is 2.25. The van der Waals surface area contributed by atoms with E-state index in [9.17, 15) is 14.0 Å². The highest BCUT2D eigenvalue weighted by atomic mass is 19.1. The van der Waals surface area contributed by atoms with Gasteiger partial charge in [0.1, 0.15) is 17.5 Å². The summed E-state index contributed by atoms with van der Waals surface area (Å²) in [6.07, 6.45) is 1.60. The maximum atomic E-state index is 13.5. The van der Waals surface area contributed by atoms with E-state index >= 15 is 0 Å². The van der Waals surface area contributed by atoms with E-state index in [2.05, 4.69) is 15.3 Å². The molecule has 1 aromatic carbocycles. The minimum absolute atomic E-state index is 0.222. The Morgan fingerprint density at radius 1 is 1.16 bits per heavy atom. The number of benzene rings is 1. The number of anilines is 1. The standard InChI is InChI=1S/C22H19FN6O2/c1-13-11-15(23)5-4-14(13)12-28-10-9-25-21(30)16-6-7-18(26-20(16)28)29-17-3-2-8-24-19(17)27-22(29)31/h2-8,11H,9-10,12H2,1H3,(H,25,30)(H,24,27,31). The van der Waals surface area contributed by atoms with Crippen molar-refractivity contribution < 1.29 is 9.18 Å². The fourth-order valence-electron chi connectivity index (χ4n) is 3.85. The Balaban J connectivity index is 1.63. The molecule has 0 saturated carbocycles. The van der Waals surface area contributed by atoms with Crippen LogP contribution in [0.4, 0.5) is 10.2 Å².